The van der Waals surface area contributed by atoms with Crippen LogP contribution in [0.4, 0.5) is 17.1 Å². The summed E-state index contributed by atoms with van der Waals surface area (Å²) in [5, 5.41) is 12.5. The van der Waals surface area contributed by atoms with Crippen molar-refractivity contribution in [3.05, 3.63) is 231 Å². The zero-order valence-corrected chi connectivity index (χ0v) is 32.8. The van der Waals surface area contributed by atoms with Crippen molar-refractivity contribution in [1.82, 2.24) is 4.57 Å². The minimum Gasteiger partial charge on any atom is -0.310 e. The molecule has 2 nitrogen and oxygen atoms in total. The summed E-state index contributed by atoms with van der Waals surface area (Å²) in [6, 6.07) is 84.3. The zero-order valence-electron chi connectivity index (χ0n) is 32.8. The number of nitrogens with zero attached hydrogens (tertiary/aromatic N) is 2. The molecular weight excluding hydrogens is 725 g/mol. The summed E-state index contributed by atoms with van der Waals surface area (Å²) in [5.74, 6) is 0. The van der Waals surface area contributed by atoms with Crippen LogP contribution >= 0.6 is 0 Å². The van der Waals surface area contributed by atoms with E-state index in [1.165, 1.54) is 92.8 Å². The molecule has 0 fully saturated rings. The molecular formula is C58H38N2. The maximum atomic E-state index is 2.45. The molecule has 12 aromatic rings. The van der Waals surface area contributed by atoms with E-state index < -0.39 is 0 Å². The lowest BCUT2D eigenvalue weighted by Crippen LogP contribution is -2.11. The average molecular weight is 763 g/mol. The van der Waals surface area contributed by atoms with Crippen LogP contribution in [0, 0.1) is 0 Å². The number of aromatic nitrogens is 1. The molecule has 12 rings (SSSR count). The van der Waals surface area contributed by atoms with Crippen molar-refractivity contribution in [2.75, 3.05) is 4.90 Å². The number of benzene rings is 11. The van der Waals surface area contributed by atoms with E-state index in [1.807, 2.05) is 0 Å². The zero-order chi connectivity index (χ0) is 39.6. The van der Waals surface area contributed by atoms with Crippen LogP contribution in [0.15, 0.2) is 231 Å². The van der Waals surface area contributed by atoms with Crippen molar-refractivity contribution in [2.24, 2.45) is 0 Å². The summed E-state index contributed by atoms with van der Waals surface area (Å²) < 4.78 is 2.37. The third-order valence-corrected chi connectivity index (χ3v) is 12.3. The topological polar surface area (TPSA) is 8.17 Å². The Balaban J connectivity index is 1.03. The Morgan fingerprint density at radius 2 is 0.850 bits per heavy atom. The molecule has 0 bridgehead atoms. The molecule has 0 atom stereocenters. The summed E-state index contributed by atoms with van der Waals surface area (Å²) in [7, 11) is 0. The van der Waals surface area contributed by atoms with Crippen LogP contribution in [0.1, 0.15) is 0 Å². The molecule has 60 heavy (non-hydrogen) atoms. The molecule has 0 spiro atoms. The van der Waals surface area contributed by atoms with Crippen LogP contribution in [0.25, 0.3) is 92.8 Å². The number of hydrogen-bond donors (Lipinski definition) is 0. The van der Waals surface area contributed by atoms with E-state index in [2.05, 4.69) is 240 Å². The predicted octanol–water partition coefficient (Wildman–Crippen LogP) is 16.2. The van der Waals surface area contributed by atoms with Gasteiger partial charge in [-0.25, -0.2) is 0 Å². The molecule has 0 aliphatic heterocycles. The Morgan fingerprint density at radius 3 is 1.60 bits per heavy atom. The van der Waals surface area contributed by atoms with Gasteiger partial charge in [0.15, 0.2) is 0 Å². The van der Waals surface area contributed by atoms with Gasteiger partial charge in [0, 0.05) is 33.2 Å². The summed E-state index contributed by atoms with van der Waals surface area (Å²) in [6.45, 7) is 0. The monoisotopic (exact) mass is 762 g/mol. The lowest BCUT2D eigenvalue weighted by molar-refractivity contribution is 1.18. The van der Waals surface area contributed by atoms with Gasteiger partial charge in [-0.05, 0) is 127 Å². The van der Waals surface area contributed by atoms with E-state index in [0.29, 0.717) is 0 Å². The van der Waals surface area contributed by atoms with Gasteiger partial charge in [-0.1, -0.05) is 164 Å². The molecule has 0 amide bonds. The van der Waals surface area contributed by atoms with Gasteiger partial charge in [0.25, 0.3) is 0 Å². The third kappa shape index (κ3) is 5.50. The number of anilines is 3. The fourth-order valence-corrected chi connectivity index (χ4v) is 9.56. The highest BCUT2D eigenvalue weighted by molar-refractivity contribution is 6.16. The van der Waals surface area contributed by atoms with Crippen molar-refractivity contribution in [1.29, 1.82) is 0 Å². The summed E-state index contributed by atoms with van der Waals surface area (Å²) >= 11 is 0. The molecule has 0 aliphatic carbocycles. The molecule has 0 radical (unpaired) electrons. The highest BCUT2D eigenvalue weighted by Crippen LogP contribution is 2.45. The summed E-state index contributed by atoms with van der Waals surface area (Å²) in [5.41, 5.74) is 11.7. The van der Waals surface area contributed by atoms with Crippen molar-refractivity contribution in [3.63, 3.8) is 0 Å². The lowest BCUT2D eigenvalue weighted by atomic mass is 9.93. The second-order valence-corrected chi connectivity index (χ2v) is 15.7. The predicted molar refractivity (Wildman–Crippen MR) is 256 cm³/mol. The Morgan fingerprint density at radius 1 is 0.283 bits per heavy atom. The van der Waals surface area contributed by atoms with Crippen LogP contribution in [-0.2, 0) is 0 Å². The minimum absolute atomic E-state index is 1.10. The van der Waals surface area contributed by atoms with Crippen molar-refractivity contribution in [2.45, 2.75) is 0 Å². The Bertz CT molecular complexity index is 3600. The van der Waals surface area contributed by atoms with E-state index in [1.54, 1.807) is 0 Å². The second-order valence-electron chi connectivity index (χ2n) is 15.7. The van der Waals surface area contributed by atoms with Gasteiger partial charge in [0.05, 0.1) is 16.7 Å². The van der Waals surface area contributed by atoms with Gasteiger partial charge in [-0.3, -0.25) is 0 Å². The Kier molecular flexibility index (Phi) is 7.89. The molecule has 1 heterocycles. The molecule has 0 saturated heterocycles. The molecule has 0 N–H and O–H groups in total. The minimum atomic E-state index is 1.10. The lowest BCUT2D eigenvalue weighted by Gasteiger charge is -2.28. The first-order valence-electron chi connectivity index (χ1n) is 20.7. The standard InChI is InChI=1S/C58H38N2/c1-2-18-44(19-3-1)60-56-28-13-12-27-53(56)55-36-40(31-34-57(55)60)39-29-32-45(33-30-39)59(58-38-43-16-5-7-22-48(43)50-24-10-11-26-52(50)58)46-20-14-17-41(35-46)54-37-42-15-4-6-21-47(42)49-23-8-9-25-51(49)54/h1-38H. The van der Waals surface area contributed by atoms with E-state index in [0.717, 1.165) is 17.1 Å². The van der Waals surface area contributed by atoms with Gasteiger partial charge in [-0.2, -0.15) is 0 Å². The Hall–Kier alpha value is -7.94. The smallest absolute Gasteiger partial charge is 0.0546 e. The van der Waals surface area contributed by atoms with E-state index >= 15 is 0 Å². The molecule has 11 aromatic carbocycles. The number of para-hydroxylation sites is 2. The highest BCUT2D eigenvalue weighted by atomic mass is 15.1. The third-order valence-electron chi connectivity index (χ3n) is 12.3. The number of rotatable bonds is 6. The quantitative estimate of drug-likeness (QED) is 0.153. The van der Waals surface area contributed by atoms with E-state index in [4.69, 9.17) is 0 Å². The largest absolute Gasteiger partial charge is 0.310 e. The first kappa shape index (κ1) is 34.1. The summed E-state index contributed by atoms with van der Waals surface area (Å²) in [4.78, 5) is 2.45. The maximum absolute atomic E-state index is 2.45. The van der Waals surface area contributed by atoms with Crippen LogP contribution in [0.5, 0.6) is 0 Å². The number of hydrogen-bond acceptors (Lipinski definition) is 1. The maximum Gasteiger partial charge on any atom is 0.0546 e. The molecule has 280 valence electrons. The van der Waals surface area contributed by atoms with Crippen molar-refractivity contribution in [3.8, 4) is 27.9 Å². The second kappa shape index (κ2) is 13.9. The fourth-order valence-electron chi connectivity index (χ4n) is 9.56. The molecule has 1 aromatic heterocycles. The molecule has 0 saturated carbocycles. The molecule has 2 heteroatoms. The van der Waals surface area contributed by atoms with E-state index in [-0.39, 0.29) is 0 Å². The van der Waals surface area contributed by atoms with Crippen molar-refractivity contribution >= 4 is 82.0 Å². The highest BCUT2D eigenvalue weighted by Gasteiger charge is 2.20. The van der Waals surface area contributed by atoms with Crippen LogP contribution in [0.2, 0.25) is 0 Å². The first-order valence-corrected chi connectivity index (χ1v) is 20.7. The fraction of sp³-hybridized carbons (Fsp3) is 0. The Labute approximate surface area is 348 Å². The van der Waals surface area contributed by atoms with Crippen LogP contribution < -0.4 is 4.90 Å². The molecule has 0 aliphatic rings. The van der Waals surface area contributed by atoms with E-state index in [9.17, 15) is 0 Å². The van der Waals surface area contributed by atoms with Crippen LogP contribution in [-0.4, -0.2) is 4.57 Å². The average Bonchev–Trinajstić information content (AvgIpc) is 3.66. The van der Waals surface area contributed by atoms with Crippen molar-refractivity contribution < 1.29 is 0 Å². The molecule has 0 unspecified atom stereocenters. The van der Waals surface area contributed by atoms with Crippen LogP contribution in [0.3, 0.4) is 0 Å². The summed E-state index contributed by atoms with van der Waals surface area (Å²) in [6.07, 6.45) is 0. The van der Waals surface area contributed by atoms with Gasteiger partial charge in [0.2, 0.25) is 0 Å². The van der Waals surface area contributed by atoms with Gasteiger partial charge >= 0.3 is 0 Å². The SMILES string of the molecule is c1ccc(-n2c3ccccc3c3cc(-c4ccc(N(c5cccc(-c6cc7ccccc7c7ccccc67)c5)c5cc6ccccc6c6ccccc56)cc4)ccc32)cc1. The first-order chi connectivity index (χ1) is 29.8. The van der Waals surface area contributed by atoms with Gasteiger partial charge < -0.3 is 9.47 Å². The normalized spacial score (nSPS) is 11.7. The number of fused-ring (bicyclic) bond motifs is 9. The van der Waals surface area contributed by atoms with Gasteiger partial charge in [0.1, 0.15) is 0 Å². The van der Waals surface area contributed by atoms with Gasteiger partial charge in [-0.15, -0.1) is 0 Å².